The highest BCUT2D eigenvalue weighted by molar-refractivity contribution is 7.91. The van der Waals surface area contributed by atoms with Crippen LogP contribution in [0.5, 0.6) is 5.75 Å². The van der Waals surface area contributed by atoms with Crippen molar-refractivity contribution in [1.29, 1.82) is 0 Å². The van der Waals surface area contributed by atoms with Crippen LogP contribution in [0, 0.1) is 0 Å². The summed E-state index contributed by atoms with van der Waals surface area (Å²) in [4.78, 5) is 13.9. The predicted molar refractivity (Wildman–Crippen MR) is 102 cm³/mol. The Morgan fingerprint density at radius 2 is 1.79 bits per heavy atom. The van der Waals surface area contributed by atoms with E-state index in [-0.39, 0.29) is 24.7 Å². The number of sulfonamides is 1. The molecule has 1 saturated heterocycles. The normalized spacial score (nSPS) is 16.0. The van der Waals surface area contributed by atoms with E-state index in [1.54, 1.807) is 40.6 Å². The van der Waals surface area contributed by atoms with E-state index >= 15 is 0 Å². The van der Waals surface area contributed by atoms with E-state index in [9.17, 15) is 22.0 Å². The second-order valence-electron chi connectivity index (χ2n) is 5.94. The van der Waals surface area contributed by atoms with Crippen LogP contribution in [0.15, 0.2) is 52.1 Å². The van der Waals surface area contributed by atoms with Gasteiger partial charge in [-0.25, -0.2) is 8.42 Å². The Morgan fingerprint density at radius 1 is 1.11 bits per heavy atom. The lowest BCUT2D eigenvalue weighted by atomic mass is 10.2. The van der Waals surface area contributed by atoms with E-state index in [2.05, 4.69) is 4.74 Å². The number of carbonyl (C=O) groups excluding carboxylic acids is 1. The number of carbonyl (C=O) groups is 1. The van der Waals surface area contributed by atoms with Crippen LogP contribution in [0.2, 0.25) is 0 Å². The Kier molecular flexibility index (Phi) is 6.42. The van der Waals surface area contributed by atoms with E-state index in [4.69, 9.17) is 0 Å². The predicted octanol–water partition coefficient (Wildman–Crippen LogP) is 2.90. The summed E-state index contributed by atoms with van der Waals surface area (Å²) in [5, 5.41) is 1.71. The number of ether oxygens (including phenoxy) is 1. The molecule has 0 atom stereocenters. The average molecular weight is 428 g/mol. The van der Waals surface area contributed by atoms with Gasteiger partial charge >= 0.3 is 6.61 Å². The molecule has 28 heavy (non-hydrogen) atoms. The summed E-state index contributed by atoms with van der Waals surface area (Å²) in [6.45, 7) is -1.81. The molecule has 2 heterocycles. The molecule has 0 radical (unpaired) electrons. The highest BCUT2D eigenvalue weighted by Crippen LogP contribution is 2.22. The van der Waals surface area contributed by atoms with Gasteiger partial charge in [0.25, 0.3) is 10.0 Å². The van der Waals surface area contributed by atoms with Gasteiger partial charge in [-0.05, 0) is 35.2 Å². The lowest BCUT2D eigenvalue weighted by Crippen LogP contribution is -2.50. The molecule has 150 valence electrons. The van der Waals surface area contributed by atoms with Crippen LogP contribution in [0.1, 0.15) is 5.56 Å². The fourth-order valence-electron chi connectivity index (χ4n) is 2.72. The van der Waals surface area contributed by atoms with E-state index in [0.29, 0.717) is 22.9 Å². The number of halogens is 2. The maximum absolute atomic E-state index is 12.5. The Balaban J connectivity index is 1.54. The smallest absolute Gasteiger partial charge is 0.387 e. The number of nitrogens with zero attached hydrogens (tertiary/aromatic N) is 2. The molecule has 1 aromatic carbocycles. The zero-order valence-electron chi connectivity index (χ0n) is 14.7. The number of hydrogen-bond acceptors (Lipinski definition) is 5. The summed E-state index contributed by atoms with van der Waals surface area (Å²) in [5.74, 6) is -0.192. The van der Waals surface area contributed by atoms with Gasteiger partial charge in [0.05, 0.1) is 0 Å². The van der Waals surface area contributed by atoms with Gasteiger partial charge < -0.3 is 9.64 Å². The summed E-state index contributed by atoms with van der Waals surface area (Å²) in [6, 6.07) is 9.17. The molecule has 0 aliphatic carbocycles. The van der Waals surface area contributed by atoms with E-state index < -0.39 is 16.6 Å². The van der Waals surface area contributed by atoms with E-state index in [1.165, 1.54) is 33.9 Å². The van der Waals surface area contributed by atoms with Crippen LogP contribution < -0.4 is 4.74 Å². The number of hydrogen-bond donors (Lipinski definition) is 0. The molecule has 1 amide bonds. The Labute approximate surface area is 165 Å². The SMILES string of the molecule is O=C(/C=C/c1ccc(OC(F)F)cc1)N1CCN(S(=O)(=O)c2cccs2)CC1. The van der Waals surface area contributed by atoms with Crippen molar-refractivity contribution in [3.63, 3.8) is 0 Å². The Morgan fingerprint density at radius 3 is 2.36 bits per heavy atom. The summed E-state index contributed by atoms with van der Waals surface area (Å²) in [5.41, 5.74) is 0.661. The number of rotatable bonds is 6. The van der Waals surface area contributed by atoms with Crippen LogP contribution >= 0.6 is 11.3 Å². The first kappa shape index (κ1) is 20.4. The summed E-state index contributed by atoms with van der Waals surface area (Å²) in [7, 11) is -3.51. The van der Waals surface area contributed by atoms with Gasteiger partial charge in [-0.1, -0.05) is 18.2 Å². The number of amides is 1. The molecule has 3 rings (SSSR count). The van der Waals surface area contributed by atoms with Gasteiger partial charge in [-0.3, -0.25) is 4.79 Å². The monoisotopic (exact) mass is 428 g/mol. The van der Waals surface area contributed by atoms with Crippen LogP contribution in [-0.2, 0) is 14.8 Å². The fourth-order valence-corrected chi connectivity index (χ4v) is 5.29. The number of piperazine rings is 1. The maximum atomic E-state index is 12.5. The van der Waals surface area contributed by atoms with Crippen LogP contribution in [-0.4, -0.2) is 56.3 Å². The average Bonchev–Trinajstić information content (AvgIpc) is 3.22. The molecule has 0 bridgehead atoms. The molecular weight excluding hydrogens is 410 g/mol. The molecule has 10 heteroatoms. The fraction of sp³-hybridized carbons (Fsp3) is 0.278. The van der Waals surface area contributed by atoms with Crippen molar-refractivity contribution in [2.45, 2.75) is 10.8 Å². The molecule has 1 aliphatic heterocycles. The van der Waals surface area contributed by atoms with Crippen molar-refractivity contribution in [3.8, 4) is 5.75 Å². The Hall–Kier alpha value is -2.30. The summed E-state index contributed by atoms with van der Waals surface area (Å²) in [6.07, 6.45) is 2.95. The third-order valence-corrected chi connectivity index (χ3v) is 7.43. The van der Waals surface area contributed by atoms with Crippen LogP contribution in [0.4, 0.5) is 8.78 Å². The zero-order chi connectivity index (χ0) is 20.1. The van der Waals surface area contributed by atoms with E-state index in [0.717, 1.165) is 0 Å². The largest absolute Gasteiger partial charge is 0.435 e. The highest BCUT2D eigenvalue weighted by Gasteiger charge is 2.30. The minimum atomic E-state index is -3.51. The second kappa shape index (κ2) is 8.80. The van der Waals surface area contributed by atoms with Crippen molar-refractivity contribution >= 4 is 33.3 Å². The van der Waals surface area contributed by atoms with Gasteiger partial charge in [0.15, 0.2) is 0 Å². The summed E-state index contributed by atoms with van der Waals surface area (Å²) < 4.78 is 55.2. The third kappa shape index (κ3) is 4.94. The zero-order valence-corrected chi connectivity index (χ0v) is 16.3. The van der Waals surface area contributed by atoms with Crippen molar-refractivity contribution in [2.24, 2.45) is 0 Å². The topological polar surface area (TPSA) is 66.9 Å². The first-order valence-corrected chi connectivity index (χ1v) is 10.7. The van der Waals surface area contributed by atoms with Gasteiger partial charge in [-0.2, -0.15) is 13.1 Å². The number of benzene rings is 1. The number of alkyl halides is 2. The molecule has 1 fully saturated rings. The second-order valence-corrected chi connectivity index (χ2v) is 9.05. The minimum absolute atomic E-state index is 0.0431. The molecule has 0 unspecified atom stereocenters. The first-order chi connectivity index (χ1) is 13.4. The molecule has 0 saturated carbocycles. The molecule has 0 N–H and O–H groups in total. The van der Waals surface area contributed by atoms with Crippen molar-refractivity contribution in [3.05, 3.63) is 53.4 Å². The highest BCUT2D eigenvalue weighted by atomic mass is 32.2. The lowest BCUT2D eigenvalue weighted by Gasteiger charge is -2.33. The summed E-state index contributed by atoms with van der Waals surface area (Å²) >= 11 is 1.17. The first-order valence-electron chi connectivity index (χ1n) is 8.42. The van der Waals surface area contributed by atoms with Gasteiger partial charge in [-0.15, -0.1) is 11.3 Å². The number of thiophene rings is 1. The molecular formula is C18H18F2N2O4S2. The van der Waals surface area contributed by atoms with Gasteiger partial charge in [0.1, 0.15) is 9.96 Å². The molecule has 1 aromatic heterocycles. The quantitative estimate of drug-likeness (QED) is 0.664. The molecule has 1 aliphatic rings. The van der Waals surface area contributed by atoms with Crippen molar-refractivity contribution in [1.82, 2.24) is 9.21 Å². The maximum Gasteiger partial charge on any atom is 0.387 e. The van der Waals surface area contributed by atoms with Crippen molar-refractivity contribution in [2.75, 3.05) is 26.2 Å². The molecule has 2 aromatic rings. The Bertz CT molecular complexity index is 921. The van der Waals surface area contributed by atoms with Crippen LogP contribution in [0.3, 0.4) is 0 Å². The van der Waals surface area contributed by atoms with Gasteiger partial charge in [0, 0.05) is 32.3 Å². The van der Waals surface area contributed by atoms with Crippen LogP contribution in [0.25, 0.3) is 6.08 Å². The van der Waals surface area contributed by atoms with Gasteiger partial charge in [0.2, 0.25) is 5.91 Å². The van der Waals surface area contributed by atoms with E-state index in [1.807, 2.05) is 0 Å². The third-order valence-electron chi connectivity index (χ3n) is 4.16. The molecule has 0 spiro atoms. The lowest BCUT2D eigenvalue weighted by molar-refractivity contribution is -0.127. The van der Waals surface area contributed by atoms with Crippen molar-refractivity contribution < 1.29 is 26.7 Å². The molecule has 6 nitrogen and oxygen atoms in total. The standard InChI is InChI=1S/C18H18F2N2O4S2/c19-18(20)26-15-6-3-14(4-7-15)5-8-16(23)21-9-11-22(12-10-21)28(24,25)17-2-1-13-27-17/h1-8,13,18H,9-12H2/b8-5+. The minimum Gasteiger partial charge on any atom is -0.435 e.